The van der Waals surface area contributed by atoms with Crippen LogP contribution in [0.5, 0.6) is 5.75 Å². The molecule has 148 valence electrons. The highest BCUT2D eigenvalue weighted by molar-refractivity contribution is 5.85. The summed E-state index contributed by atoms with van der Waals surface area (Å²) in [6.07, 6.45) is 5.97. The Hall–Kier alpha value is -2.08. The molecule has 0 bridgehead atoms. The van der Waals surface area contributed by atoms with E-state index < -0.39 is 5.54 Å². The highest BCUT2D eigenvalue weighted by Gasteiger charge is 2.45. The standard InChI is InChI=1S/C21H31N3O3/c1-27-18-8-5-17(6-9-18)7-10-19(25)23-15-11-21(12-16-23,20(22)26)24-13-3-2-4-14-24/h5-6,8-9H,2-4,7,10-16H2,1H3,(H2,22,26). The zero-order valence-corrected chi connectivity index (χ0v) is 16.3. The van der Waals surface area contributed by atoms with Gasteiger partial charge in [-0.2, -0.15) is 0 Å². The minimum atomic E-state index is -0.562. The van der Waals surface area contributed by atoms with Gasteiger partial charge in [0.1, 0.15) is 11.3 Å². The first-order chi connectivity index (χ1) is 13.0. The van der Waals surface area contributed by atoms with Crippen molar-refractivity contribution in [1.29, 1.82) is 0 Å². The van der Waals surface area contributed by atoms with Crippen LogP contribution in [-0.2, 0) is 16.0 Å². The number of hydrogen-bond donors (Lipinski definition) is 1. The Balaban J connectivity index is 1.53. The Morgan fingerprint density at radius 3 is 2.22 bits per heavy atom. The van der Waals surface area contributed by atoms with Gasteiger partial charge in [-0.15, -0.1) is 0 Å². The van der Waals surface area contributed by atoms with E-state index in [9.17, 15) is 9.59 Å². The first kappa shape index (κ1) is 19.7. The van der Waals surface area contributed by atoms with Gasteiger partial charge in [-0.3, -0.25) is 14.5 Å². The van der Waals surface area contributed by atoms with Crippen LogP contribution < -0.4 is 10.5 Å². The fourth-order valence-corrected chi connectivity index (χ4v) is 4.37. The molecule has 2 fully saturated rings. The molecule has 0 aliphatic carbocycles. The van der Waals surface area contributed by atoms with Gasteiger partial charge in [-0.25, -0.2) is 0 Å². The maximum absolute atomic E-state index is 12.6. The second kappa shape index (κ2) is 8.74. The number of ether oxygens (including phenoxy) is 1. The molecular formula is C21H31N3O3. The van der Waals surface area contributed by atoms with Crippen molar-refractivity contribution in [2.75, 3.05) is 33.3 Å². The second-order valence-electron chi connectivity index (χ2n) is 7.67. The average Bonchev–Trinajstić information content (AvgIpc) is 2.73. The molecule has 2 aliphatic rings. The monoisotopic (exact) mass is 373 g/mol. The van der Waals surface area contributed by atoms with E-state index in [0.29, 0.717) is 38.8 Å². The molecule has 2 saturated heterocycles. The molecule has 0 unspecified atom stereocenters. The van der Waals surface area contributed by atoms with Crippen LogP contribution in [0.4, 0.5) is 0 Å². The molecule has 27 heavy (non-hydrogen) atoms. The number of carbonyl (C=O) groups is 2. The molecule has 2 heterocycles. The van der Waals surface area contributed by atoms with Crippen molar-refractivity contribution in [3.05, 3.63) is 29.8 Å². The lowest BCUT2D eigenvalue weighted by atomic mass is 9.83. The summed E-state index contributed by atoms with van der Waals surface area (Å²) < 4.78 is 5.16. The number of amides is 2. The van der Waals surface area contributed by atoms with Crippen LogP contribution in [0, 0.1) is 0 Å². The van der Waals surface area contributed by atoms with Crippen LogP contribution in [-0.4, -0.2) is 60.4 Å². The Bertz CT molecular complexity index is 645. The number of benzene rings is 1. The van der Waals surface area contributed by atoms with Gasteiger partial charge in [0.15, 0.2) is 0 Å². The first-order valence-electron chi connectivity index (χ1n) is 10.0. The zero-order chi connectivity index (χ0) is 19.3. The maximum Gasteiger partial charge on any atom is 0.238 e. The van der Waals surface area contributed by atoms with Gasteiger partial charge < -0.3 is 15.4 Å². The summed E-state index contributed by atoms with van der Waals surface area (Å²) in [4.78, 5) is 29.1. The molecule has 1 aromatic rings. The lowest BCUT2D eigenvalue weighted by Gasteiger charge is -2.48. The van der Waals surface area contributed by atoms with E-state index in [-0.39, 0.29) is 11.8 Å². The third-order valence-electron chi connectivity index (χ3n) is 6.15. The molecule has 0 atom stereocenters. The summed E-state index contributed by atoms with van der Waals surface area (Å²) in [5.41, 5.74) is 6.38. The smallest absolute Gasteiger partial charge is 0.238 e. The summed E-state index contributed by atoms with van der Waals surface area (Å²) in [6, 6.07) is 7.83. The van der Waals surface area contributed by atoms with Gasteiger partial charge >= 0.3 is 0 Å². The SMILES string of the molecule is COc1ccc(CCC(=O)N2CCC(C(N)=O)(N3CCCCC3)CC2)cc1. The third-order valence-corrected chi connectivity index (χ3v) is 6.15. The summed E-state index contributed by atoms with van der Waals surface area (Å²) >= 11 is 0. The lowest BCUT2D eigenvalue weighted by Crippen LogP contribution is -2.63. The summed E-state index contributed by atoms with van der Waals surface area (Å²) in [7, 11) is 1.64. The first-order valence-corrected chi connectivity index (χ1v) is 10.0. The molecule has 6 nitrogen and oxygen atoms in total. The lowest BCUT2D eigenvalue weighted by molar-refractivity contribution is -0.142. The molecule has 2 aliphatic heterocycles. The quantitative estimate of drug-likeness (QED) is 0.827. The number of carbonyl (C=O) groups excluding carboxylic acids is 2. The van der Waals surface area contributed by atoms with E-state index in [0.717, 1.165) is 37.2 Å². The van der Waals surface area contributed by atoms with Crippen LogP contribution in [0.1, 0.15) is 44.1 Å². The van der Waals surface area contributed by atoms with Crippen LogP contribution in [0.2, 0.25) is 0 Å². The van der Waals surface area contributed by atoms with Gasteiger partial charge in [0.25, 0.3) is 0 Å². The number of primary amides is 1. The van der Waals surface area contributed by atoms with Gasteiger partial charge in [0.05, 0.1) is 7.11 Å². The van der Waals surface area contributed by atoms with Crippen LogP contribution >= 0.6 is 0 Å². The van der Waals surface area contributed by atoms with Crippen molar-refractivity contribution in [1.82, 2.24) is 9.80 Å². The van der Waals surface area contributed by atoms with Crippen molar-refractivity contribution in [3.8, 4) is 5.75 Å². The van der Waals surface area contributed by atoms with Crippen LogP contribution in [0.3, 0.4) is 0 Å². The van der Waals surface area contributed by atoms with Gasteiger partial charge in [-0.05, 0) is 62.9 Å². The summed E-state index contributed by atoms with van der Waals surface area (Å²) in [6.45, 7) is 3.10. The summed E-state index contributed by atoms with van der Waals surface area (Å²) in [5.74, 6) is 0.749. The van der Waals surface area contributed by atoms with Gasteiger partial charge in [-0.1, -0.05) is 18.6 Å². The minimum Gasteiger partial charge on any atom is -0.497 e. The van der Waals surface area contributed by atoms with Gasteiger partial charge in [0, 0.05) is 19.5 Å². The van der Waals surface area contributed by atoms with Crippen molar-refractivity contribution in [3.63, 3.8) is 0 Å². The van der Waals surface area contributed by atoms with Crippen molar-refractivity contribution >= 4 is 11.8 Å². The van der Waals surface area contributed by atoms with Crippen molar-refractivity contribution < 1.29 is 14.3 Å². The predicted octanol–water partition coefficient (Wildman–Crippen LogP) is 1.96. The largest absolute Gasteiger partial charge is 0.497 e. The van der Waals surface area contributed by atoms with E-state index in [2.05, 4.69) is 4.90 Å². The molecule has 3 rings (SSSR count). The molecule has 2 N–H and O–H groups in total. The number of nitrogens with two attached hydrogens (primary N) is 1. The fourth-order valence-electron chi connectivity index (χ4n) is 4.37. The maximum atomic E-state index is 12.6. The Morgan fingerprint density at radius 2 is 1.67 bits per heavy atom. The van der Waals surface area contributed by atoms with E-state index in [1.165, 1.54) is 6.42 Å². The number of hydrogen-bond acceptors (Lipinski definition) is 4. The molecule has 0 spiro atoms. The number of aryl methyl sites for hydroxylation is 1. The Labute approximate surface area is 161 Å². The molecule has 1 aromatic carbocycles. The van der Waals surface area contributed by atoms with E-state index >= 15 is 0 Å². The Kier molecular flexibility index (Phi) is 6.37. The highest BCUT2D eigenvalue weighted by Crippen LogP contribution is 2.31. The zero-order valence-electron chi connectivity index (χ0n) is 16.3. The number of piperidine rings is 2. The normalized spacial score (nSPS) is 20.3. The molecule has 2 amide bonds. The predicted molar refractivity (Wildman–Crippen MR) is 104 cm³/mol. The number of methoxy groups -OCH3 is 1. The molecule has 0 aromatic heterocycles. The number of rotatable bonds is 6. The molecule has 0 saturated carbocycles. The van der Waals surface area contributed by atoms with E-state index in [1.54, 1.807) is 7.11 Å². The third kappa shape index (κ3) is 4.43. The Morgan fingerprint density at radius 1 is 1.04 bits per heavy atom. The second-order valence-corrected chi connectivity index (χ2v) is 7.67. The van der Waals surface area contributed by atoms with E-state index in [1.807, 2.05) is 29.2 Å². The van der Waals surface area contributed by atoms with Gasteiger partial charge in [0.2, 0.25) is 11.8 Å². The summed E-state index contributed by atoms with van der Waals surface area (Å²) in [5, 5.41) is 0. The molecule has 6 heteroatoms. The minimum absolute atomic E-state index is 0.155. The fraction of sp³-hybridized carbons (Fsp3) is 0.619. The topological polar surface area (TPSA) is 75.9 Å². The van der Waals surface area contributed by atoms with Crippen LogP contribution in [0.25, 0.3) is 0 Å². The number of nitrogens with zero attached hydrogens (tertiary/aromatic N) is 2. The van der Waals surface area contributed by atoms with Crippen LogP contribution in [0.15, 0.2) is 24.3 Å². The average molecular weight is 373 g/mol. The van der Waals surface area contributed by atoms with E-state index in [4.69, 9.17) is 10.5 Å². The highest BCUT2D eigenvalue weighted by atomic mass is 16.5. The molecule has 0 radical (unpaired) electrons. The molecular weight excluding hydrogens is 342 g/mol. The van der Waals surface area contributed by atoms with Crippen molar-refractivity contribution in [2.45, 2.75) is 50.5 Å². The number of likely N-dealkylation sites (tertiary alicyclic amines) is 2. The van der Waals surface area contributed by atoms with Crippen molar-refractivity contribution in [2.24, 2.45) is 5.73 Å².